The largest absolute Gasteiger partial charge is 0.296 e. The second-order valence-corrected chi connectivity index (χ2v) is 4.42. The molecule has 1 aromatic heterocycles. The van der Waals surface area contributed by atoms with E-state index < -0.39 is 0 Å². The molecule has 0 radical (unpaired) electrons. The first-order chi connectivity index (χ1) is 7.33. The van der Waals surface area contributed by atoms with Crippen molar-refractivity contribution in [1.82, 2.24) is 9.78 Å². The molecule has 0 amide bonds. The molecule has 0 saturated heterocycles. The fourth-order valence-electron chi connectivity index (χ4n) is 2.51. The minimum Gasteiger partial charge on any atom is -0.296 e. The van der Waals surface area contributed by atoms with Crippen molar-refractivity contribution in [3.63, 3.8) is 0 Å². The highest BCUT2D eigenvalue weighted by atomic mass is 16.1. The summed E-state index contributed by atoms with van der Waals surface area (Å²) >= 11 is 0. The first-order valence-electron chi connectivity index (χ1n) is 5.80. The molecule has 2 rings (SSSR count). The van der Waals surface area contributed by atoms with Crippen molar-refractivity contribution in [1.29, 1.82) is 0 Å². The predicted molar refractivity (Wildman–Crippen MR) is 59.0 cm³/mol. The van der Waals surface area contributed by atoms with Crippen LogP contribution in [0.1, 0.15) is 60.5 Å². The molecule has 1 heterocycles. The summed E-state index contributed by atoms with van der Waals surface area (Å²) in [6, 6.07) is 0. The zero-order valence-corrected chi connectivity index (χ0v) is 9.28. The molecule has 0 atom stereocenters. The number of carbonyl (C=O) groups is 1. The minimum atomic E-state index is 0.557. The molecule has 82 valence electrons. The van der Waals surface area contributed by atoms with Crippen LogP contribution in [-0.2, 0) is 7.05 Å². The lowest BCUT2D eigenvalue weighted by Crippen LogP contribution is -2.03. The topological polar surface area (TPSA) is 34.9 Å². The van der Waals surface area contributed by atoms with Crippen LogP contribution in [0.4, 0.5) is 0 Å². The number of hydrogen-bond acceptors (Lipinski definition) is 2. The van der Waals surface area contributed by atoms with Gasteiger partial charge in [-0.25, -0.2) is 0 Å². The van der Waals surface area contributed by atoms with E-state index in [1.54, 1.807) is 4.68 Å². The van der Waals surface area contributed by atoms with Gasteiger partial charge in [-0.15, -0.1) is 0 Å². The Morgan fingerprint density at radius 2 is 2.00 bits per heavy atom. The lowest BCUT2D eigenvalue weighted by atomic mass is 9.92. The van der Waals surface area contributed by atoms with Crippen LogP contribution in [0.5, 0.6) is 0 Å². The Morgan fingerprint density at radius 1 is 1.33 bits per heavy atom. The van der Waals surface area contributed by atoms with E-state index in [9.17, 15) is 4.79 Å². The molecule has 3 heteroatoms. The first kappa shape index (κ1) is 10.4. The maximum atomic E-state index is 11.0. The second-order valence-electron chi connectivity index (χ2n) is 4.42. The van der Waals surface area contributed by atoms with Gasteiger partial charge in [-0.1, -0.05) is 25.7 Å². The minimum absolute atomic E-state index is 0.557. The summed E-state index contributed by atoms with van der Waals surface area (Å²) in [5.74, 6) is 0.557. The lowest BCUT2D eigenvalue weighted by molar-refractivity contribution is 0.111. The quantitative estimate of drug-likeness (QED) is 0.551. The van der Waals surface area contributed by atoms with E-state index in [1.165, 1.54) is 38.5 Å². The maximum absolute atomic E-state index is 11.0. The van der Waals surface area contributed by atoms with Gasteiger partial charge in [-0.3, -0.25) is 9.48 Å². The summed E-state index contributed by atoms with van der Waals surface area (Å²) in [6.07, 6.45) is 10.5. The van der Waals surface area contributed by atoms with Gasteiger partial charge in [0.1, 0.15) is 5.69 Å². The molecule has 15 heavy (non-hydrogen) atoms. The third kappa shape index (κ3) is 2.11. The molecule has 0 aromatic carbocycles. The Labute approximate surface area is 90.5 Å². The average molecular weight is 206 g/mol. The Morgan fingerprint density at radius 3 is 2.60 bits per heavy atom. The van der Waals surface area contributed by atoms with E-state index in [4.69, 9.17) is 0 Å². The van der Waals surface area contributed by atoms with Crippen molar-refractivity contribution in [3.05, 3.63) is 17.5 Å². The summed E-state index contributed by atoms with van der Waals surface area (Å²) in [5.41, 5.74) is 1.93. The molecule has 0 aliphatic heterocycles. The Bertz CT molecular complexity index is 335. The summed E-state index contributed by atoms with van der Waals surface area (Å²) in [5, 5.41) is 4.18. The summed E-state index contributed by atoms with van der Waals surface area (Å²) in [6.45, 7) is 0. The molecule has 0 bridgehead atoms. The third-order valence-electron chi connectivity index (χ3n) is 3.42. The highest BCUT2D eigenvalue weighted by Gasteiger charge is 2.19. The molecule has 1 aliphatic rings. The van der Waals surface area contributed by atoms with Crippen LogP contribution in [-0.4, -0.2) is 16.1 Å². The number of aryl methyl sites for hydroxylation is 1. The van der Waals surface area contributed by atoms with E-state index in [0.717, 1.165) is 17.5 Å². The van der Waals surface area contributed by atoms with E-state index >= 15 is 0 Å². The van der Waals surface area contributed by atoms with Gasteiger partial charge in [0, 0.05) is 12.6 Å². The van der Waals surface area contributed by atoms with Gasteiger partial charge in [0.15, 0.2) is 6.29 Å². The lowest BCUT2D eigenvalue weighted by Gasteiger charge is -2.12. The molecule has 3 nitrogen and oxygen atoms in total. The normalized spacial score (nSPS) is 18.7. The zero-order chi connectivity index (χ0) is 10.7. The highest BCUT2D eigenvalue weighted by molar-refractivity contribution is 5.74. The summed E-state index contributed by atoms with van der Waals surface area (Å²) < 4.78 is 1.69. The van der Waals surface area contributed by atoms with Crippen molar-refractivity contribution in [3.8, 4) is 0 Å². The van der Waals surface area contributed by atoms with Gasteiger partial charge >= 0.3 is 0 Å². The molecule has 0 unspecified atom stereocenters. The maximum Gasteiger partial charge on any atom is 0.168 e. The molecule has 1 aromatic rings. The van der Waals surface area contributed by atoms with Crippen molar-refractivity contribution >= 4 is 6.29 Å². The highest BCUT2D eigenvalue weighted by Crippen LogP contribution is 2.32. The Kier molecular flexibility index (Phi) is 3.19. The number of hydrogen-bond donors (Lipinski definition) is 0. The van der Waals surface area contributed by atoms with Crippen molar-refractivity contribution in [2.45, 2.75) is 44.4 Å². The molecular formula is C12H18N2O. The van der Waals surface area contributed by atoms with Crippen LogP contribution in [0.15, 0.2) is 6.20 Å². The van der Waals surface area contributed by atoms with Crippen LogP contribution in [0.2, 0.25) is 0 Å². The van der Waals surface area contributed by atoms with E-state index in [0.29, 0.717) is 5.92 Å². The fourth-order valence-corrected chi connectivity index (χ4v) is 2.51. The number of aromatic nitrogens is 2. The van der Waals surface area contributed by atoms with Gasteiger partial charge < -0.3 is 0 Å². The molecule has 0 N–H and O–H groups in total. The van der Waals surface area contributed by atoms with Gasteiger partial charge in [-0.05, 0) is 18.8 Å². The Hall–Kier alpha value is -1.12. The van der Waals surface area contributed by atoms with Crippen molar-refractivity contribution in [2.75, 3.05) is 0 Å². The molecule has 1 saturated carbocycles. The molecule has 1 aliphatic carbocycles. The molecule has 0 spiro atoms. The number of rotatable bonds is 2. The second kappa shape index (κ2) is 4.60. The van der Waals surface area contributed by atoms with Gasteiger partial charge in [0.25, 0.3) is 0 Å². The van der Waals surface area contributed by atoms with Crippen molar-refractivity contribution < 1.29 is 4.79 Å². The van der Waals surface area contributed by atoms with E-state index in [1.807, 2.05) is 13.2 Å². The summed E-state index contributed by atoms with van der Waals surface area (Å²) in [4.78, 5) is 11.0. The standard InChI is InChI=1S/C12H18N2O/c1-14-12(9-15)11(8-13-14)10-6-4-2-3-5-7-10/h8-10H,2-7H2,1H3. The smallest absolute Gasteiger partial charge is 0.168 e. The van der Waals surface area contributed by atoms with Crippen LogP contribution in [0.25, 0.3) is 0 Å². The van der Waals surface area contributed by atoms with Crippen LogP contribution in [0.3, 0.4) is 0 Å². The molecular weight excluding hydrogens is 188 g/mol. The van der Waals surface area contributed by atoms with Crippen LogP contribution in [0, 0.1) is 0 Å². The molecule has 1 fully saturated rings. The number of nitrogens with zero attached hydrogens (tertiary/aromatic N) is 2. The monoisotopic (exact) mass is 206 g/mol. The summed E-state index contributed by atoms with van der Waals surface area (Å²) in [7, 11) is 1.84. The van der Waals surface area contributed by atoms with Gasteiger partial charge in [0.2, 0.25) is 0 Å². The fraction of sp³-hybridized carbons (Fsp3) is 0.667. The van der Waals surface area contributed by atoms with E-state index in [2.05, 4.69) is 5.10 Å². The SMILES string of the molecule is Cn1ncc(C2CCCCCC2)c1C=O. The van der Waals surface area contributed by atoms with E-state index in [-0.39, 0.29) is 0 Å². The third-order valence-corrected chi connectivity index (χ3v) is 3.42. The number of carbonyl (C=O) groups excluding carboxylic acids is 1. The Balaban J connectivity index is 2.22. The first-order valence-corrected chi connectivity index (χ1v) is 5.80. The van der Waals surface area contributed by atoms with Crippen LogP contribution < -0.4 is 0 Å². The zero-order valence-electron chi connectivity index (χ0n) is 9.28. The van der Waals surface area contributed by atoms with Crippen LogP contribution >= 0.6 is 0 Å². The van der Waals surface area contributed by atoms with Crippen molar-refractivity contribution in [2.24, 2.45) is 7.05 Å². The van der Waals surface area contributed by atoms with Gasteiger partial charge in [0.05, 0.1) is 6.20 Å². The number of aldehydes is 1. The predicted octanol–water partition coefficient (Wildman–Crippen LogP) is 2.67. The average Bonchev–Trinajstić information content (AvgIpc) is 2.48. The van der Waals surface area contributed by atoms with Gasteiger partial charge in [-0.2, -0.15) is 5.10 Å².